The van der Waals surface area contributed by atoms with Crippen molar-refractivity contribution in [3.63, 3.8) is 0 Å². The summed E-state index contributed by atoms with van der Waals surface area (Å²) in [6.45, 7) is 6.49. The van der Waals surface area contributed by atoms with Crippen LogP contribution in [0.3, 0.4) is 0 Å². The van der Waals surface area contributed by atoms with Crippen LogP contribution in [-0.4, -0.2) is 37.2 Å². The van der Waals surface area contributed by atoms with Gasteiger partial charge in [0.2, 0.25) is 0 Å². The highest BCUT2D eigenvalue weighted by atomic mass is 16.6. The van der Waals surface area contributed by atoms with E-state index in [0.717, 1.165) is 116 Å². The summed E-state index contributed by atoms with van der Waals surface area (Å²) in [5.41, 5.74) is 0. The second kappa shape index (κ2) is 68.6. The molecule has 464 valence electrons. The summed E-state index contributed by atoms with van der Waals surface area (Å²) in [5.74, 6) is -0.966. The van der Waals surface area contributed by atoms with Gasteiger partial charge in [-0.25, -0.2) is 0 Å². The van der Waals surface area contributed by atoms with E-state index in [9.17, 15) is 14.4 Å². The topological polar surface area (TPSA) is 78.9 Å². The van der Waals surface area contributed by atoms with Gasteiger partial charge in [-0.1, -0.05) is 316 Å². The van der Waals surface area contributed by atoms with Crippen LogP contribution < -0.4 is 0 Å². The lowest BCUT2D eigenvalue weighted by molar-refractivity contribution is -0.167. The van der Waals surface area contributed by atoms with Crippen molar-refractivity contribution in [1.29, 1.82) is 0 Å². The first kappa shape index (κ1) is 77.1. The molecule has 1 unspecified atom stereocenters. The maximum Gasteiger partial charge on any atom is 0.306 e. The lowest BCUT2D eigenvalue weighted by Gasteiger charge is -2.18. The van der Waals surface area contributed by atoms with E-state index in [1.165, 1.54) is 167 Å². The van der Waals surface area contributed by atoms with Crippen molar-refractivity contribution in [2.24, 2.45) is 0 Å². The fourth-order valence-electron chi connectivity index (χ4n) is 9.64. The number of ether oxygens (including phenoxy) is 3. The third kappa shape index (κ3) is 66.8. The van der Waals surface area contributed by atoms with Crippen LogP contribution in [0.5, 0.6) is 0 Å². The summed E-state index contributed by atoms with van der Waals surface area (Å²) in [5, 5.41) is 0. The Bertz CT molecular complexity index is 1620. The number of rotatable bonds is 62. The van der Waals surface area contributed by atoms with E-state index in [-0.39, 0.29) is 37.5 Å². The van der Waals surface area contributed by atoms with Gasteiger partial charge in [0.05, 0.1) is 0 Å². The summed E-state index contributed by atoms with van der Waals surface area (Å²) in [6, 6.07) is 0. The minimum Gasteiger partial charge on any atom is -0.462 e. The predicted molar refractivity (Wildman–Crippen MR) is 353 cm³/mol. The van der Waals surface area contributed by atoms with E-state index in [0.29, 0.717) is 19.3 Å². The Morgan fingerprint density at radius 1 is 0.259 bits per heavy atom. The Labute approximate surface area is 501 Å². The number of allylic oxidation sites excluding steroid dienone is 18. The highest BCUT2D eigenvalue weighted by Crippen LogP contribution is 2.17. The van der Waals surface area contributed by atoms with E-state index < -0.39 is 6.10 Å². The zero-order valence-electron chi connectivity index (χ0n) is 53.3. The Morgan fingerprint density at radius 3 is 0.802 bits per heavy atom. The Hall–Kier alpha value is -3.93. The molecule has 0 radical (unpaired) electrons. The van der Waals surface area contributed by atoms with Crippen LogP contribution in [0.4, 0.5) is 0 Å². The Balaban J connectivity index is 4.44. The zero-order valence-corrected chi connectivity index (χ0v) is 53.3. The second-order valence-corrected chi connectivity index (χ2v) is 22.7. The third-order valence-corrected chi connectivity index (χ3v) is 14.8. The van der Waals surface area contributed by atoms with Crippen LogP contribution in [0.25, 0.3) is 0 Å². The molecule has 0 saturated heterocycles. The van der Waals surface area contributed by atoms with Gasteiger partial charge in [-0.3, -0.25) is 14.4 Å². The maximum absolute atomic E-state index is 12.9. The molecule has 0 aliphatic carbocycles. The van der Waals surface area contributed by atoms with Crippen LogP contribution in [0.1, 0.15) is 329 Å². The zero-order chi connectivity index (χ0) is 58.5. The van der Waals surface area contributed by atoms with Crippen molar-refractivity contribution in [2.45, 2.75) is 335 Å². The molecule has 1 atom stereocenters. The molecule has 81 heavy (non-hydrogen) atoms. The first-order chi connectivity index (χ1) is 40.0. The molecule has 0 rings (SSSR count). The molecule has 0 spiro atoms. The average Bonchev–Trinajstić information content (AvgIpc) is 3.47. The summed E-state index contributed by atoms with van der Waals surface area (Å²) in [6.07, 6.45) is 94.0. The third-order valence-electron chi connectivity index (χ3n) is 14.8. The van der Waals surface area contributed by atoms with Gasteiger partial charge in [0, 0.05) is 19.3 Å². The summed E-state index contributed by atoms with van der Waals surface area (Å²) in [4.78, 5) is 38.4. The van der Waals surface area contributed by atoms with Gasteiger partial charge >= 0.3 is 17.9 Å². The number of unbranched alkanes of at least 4 members (excludes halogenated alkanes) is 33. The van der Waals surface area contributed by atoms with Gasteiger partial charge in [-0.05, 0) is 103 Å². The number of esters is 3. The van der Waals surface area contributed by atoms with Crippen LogP contribution in [0.15, 0.2) is 109 Å². The highest BCUT2D eigenvalue weighted by Gasteiger charge is 2.19. The molecule has 0 saturated carbocycles. The van der Waals surface area contributed by atoms with Crippen molar-refractivity contribution in [1.82, 2.24) is 0 Å². The van der Waals surface area contributed by atoms with Crippen LogP contribution >= 0.6 is 0 Å². The summed E-state index contributed by atoms with van der Waals surface area (Å²) >= 11 is 0. The molecule has 6 heteroatoms. The molecule has 0 bridgehead atoms. The number of carbonyl (C=O) groups is 3. The predicted octanol–water partition coefficient (Wildman–Crippen LogP) is 23.8. The quantitative estimate of drug-likeness (QED) is 0.0261. The van der Waals surface area contributed by atoms with Gasteiger partial charge < -0.3 is 14.2 Å². The summed E-state index contributed by atoms with van der Waals surface area (Å²) in [7, 11) is 0. The van der Waals surface area contributed by atoms with E-state index in [4.69, 9.17) is 14.2 Å². The van der Waals surface area contributed by atoms with Crippen molar-refractivity contribution >= 4 is 17.9 Å². The molecule has 0 aromatic carbocycles. The molecular weight excluding hydrogens is 997 g/mol. The number of hydrogen-bond acceptors (Lipinski definition) is 6. The van der Waals surface area contributed by atoms with E-state index in [1.54, 1.807) is 0 Å². The molecule has 0 aliphatic rings. The first-order valence-corrected chi connectivity index (χ1v) is 34.4. The molecular formula is C75H128O6. The maximum atomic E-state index is 12.9. The lowest BCUT2D eigenvalue weighted by Crippen LogP contribution is -2.30. The minimum absolute atomic E-state index is 0.104. The SMILES string of the molecule is CC/C=C\C/C=C\C/C=C\C/C=C\C/C=C\C/C=C\C/C=C\CCCC(=O)OC(COC(=O)CCCCCCC/C=C\C/C=C\CCCCCC)COC(=O)CCCCCCCCCCCCCCCCCCCCCCCCCC. The highest BCUT2D eigenvalue weighted by molar-refractivity contribution is 5.71. The van der Waals surface area contributed by atoms with E-state index in [1.807, 2.05) is 0 Å². The van der Waals surface area contributed by atoms with Gasteiger partial charge in [-0.2, -0.15) is 0 Å². The summed E-state index contributed by atoms with van der Waals surface area (Å²) < 4.78 is 16.9. The molecule has 0 amide bonds. The van der Waals surface area contributed by atoms with Gasteiger partial charge in [-0.15, -0.1) is 0 Å². The minimum atomic E-state index is -0.817. The molecule has 0 aromatic heterocycles. The normalized spacial score (nSPS) is 12.8. The molecule has 0 fully saturated rings. The van der Waals surface area contributed by atoms with Crippen LogP contribution in [-0.2, 0) is 28.6 Å². The number of carbonyl (C=O) groups excluding carboxylic acids is 3. The fraction of sp³-hybridized carbons (Fsp3) is 0.720. The van der Waals surface area contributed by atoms with Crippen LogP contribution in [0, 0.1) is 0 Å². The monoisotopic (exact) mass is 1120 g/mol. The number of hydrogen-bond donors (Lipinski definition) is 0. The average molecular weight is 1130 g/mol. The van der Waals surface area contributed by atoms with E-state index >= 15 is 0 Å². The van der Waals surface area contributed by atoms with Crippen molar-refractivity contribution in [2.75, 3.05) is 13.2 Å². The Kier molecular flexibility index (Phi) is 65.2. The second-order valence-electron chi connectivity index (χ2n) is 22.7. The smallest absolute Gasteiger partial charge is 0.306 e. The first-order valence-electron chi connectivity index (χ1n) is 34.4. The molecule has 0 heterocycles. The standard InChI is InChI=1S/C75H128O6/c1-4-7-10-13-16-19-22-25-28-31-33-35-37-39-40-42-44-47-50-53-56-59-62-65-68-74(77)80-71-72(70-79-73(76)67-64-61-58-55-52-49-46-30-27-24-21-18-15-12-9-6-3)81-75(78)69-66-63-60-57-54-51-48-45-43-41-38-36-34-32-29-26-23-20-17-14-11-8-5-2/h8,11,17,20-21,24,26,29-30,34,36,41,43,46,48,51,57,60,72H,4-7,9-10,12-16,18-19,22-23,25,27-28,31-33,35,37-40,42,44-45,47,49-50,52-56,58-59,61-71H2,1-3H3/b11-8-,20-17-,24-21-,29-26-,36-34-,43-41-,46-30-,51-48-,60-57-. The van der Waals surface area contributed by atoms with Crippen molar-refractivity contribution < 1.29 is 28.6 Å². The largest absolute Gasteiger partial charge is 0.462 e. The Morgan fingerprint density at radius 2 is 0.494 bits per heavy atom. The lowest BCUT2D eigenvalue weighted by atomic mass is 10.0. The fourth-order valence-corrected chi connectivity index (χ4v) is 9.64. The van der Waals surface area contributed by atoms with Gasteiger partial charge in [0.15, 0.2) is 6.10 Å². The van der Waals surface area contributed by atoms with Gasteiger partial charge in [0.25, 0.3) is 0 Å². The van der Waals surface area contributed by atoms with Crippen molar-refractivity contribution in [3.8, 4) is 0 Å². The molecule has 6 nitrogen and oxygen atoms in total. The van der Waals surface area contributed by atoms with Gasteiger partial charge in [0.1, 0.15) is 13.2 Å². The van der Waals surface area contributed by atoms with Crippen LogP contribution in [0.2, 0.25) is 0 Å². The molecule has 0 aliphatic heterocycles. The van der Waals surface area contributed by atoms with E-state index in [2.05, 4.69) is 130 Å². The van der Waals surface area contributed by atoms with Crippen molar-refractivity contribution in [3.05, 3.63) is 109 Å². The molecule has 0 aromatic rings. The molecule has 0 N–H and O–H groups in total.